The fraction of sp³-hybridized carbons (Fsp3) is 0.444. The lowest BCUT2D eigenvalue weighted by Gasteiger charge is -2.15. The zero-order valence-electron chi connectivity index (χ0n) is 12.8. The normalized spacial score (nSPS) is 18.4. The molecule has 2 aliphatic carbocycles. The van der Waals surface area contributed by atoms with Crippen LogP contribution in [0.4, 0.5) is 0 Å². The van der Waals surface area contributed by atoms with Crippen molar-refractivity contribution in [1.29, 1.82) is 0 Å². The van der Waals surface area contributed by atoms with E-state index in [0.717, 1.165) is 31.2 Å². The summed E-state index contributed by atoms with van der Waals surface area (Å²) >= 11 is 0. The molecule has 2 aliphatic rings. The van der Waals surface area contributed by atoms with Gasteiger partial charge in [-0.05, 0) is 31.2 Å². The smallest absolute Gasteiger partial charge is 0.227 e. The van der Waals surface area contributed by atoms with Gasteiger partial charge in [-0.25, -0.2) is 0 Å². The summed E-state index contributed by atoms with van der Waals surface area (Å²) in [5, 5.41) is 2.95. The largest absolute Gasteiger partial charge is 0.483 e. The van der Waals surface area contributed by atoms with Crippen LogP contribution < -0.4 is 5.32 Å². The number of allylic oxidation sites excluding steroid dienone is 2. The van der Waals surface area contributed by atoms with E-state index in [-0.39, 0.29) is 23.5 Å². The topological polar surface area (TPSA) is 55.4 Å². The summed E-state index contributed by atoms with van der Waals surface area (Å²) in [7, 11) is 0. The van der Waals surface area contributed by atoms with Gasteiger partial charge in [0.1, 0.15) is 6.61 Å². The molecule has 1 amide bonds. The standard InChI is InChI=1S/C18H21NO3/c1-12(20)17(22-11-13-5-3-2-4-6-13)16(14-7-8-14)19-18(21)15-9-10-15/h2-6,14-15H,7-11H2,1H3,(H,19,21)/b17-16+. The van der Waals surface area contributed by atoms with E-state index in [0.29, 0.717) is 18.1 Å². The molecule has 0 aromatic heterocycles. The maximum atomic E-state index is 12.0. The fourth-order valence-corrected chi connectivity index (χ4v) is 2.40. The molecule has 0 aliphatic heterocycles. The molecule has 0 atom stereocenters. The highest BCUT2D eigenvalue weighted by molar-refractivity contribution is 5.93. The van der Waals surface area contributed by atoms with Crippen LogP contribution in [0.3, 0.4) is 0 Å². The number of carbonyl (C=O) groups is 2. The zero-order chi connectivity index (χ0) is 15.5. The van der Waals surface area contributed by atoms with Gasteiger partial charge in [0.2, 0.25) is 5.91 Å². The van der Waals surface area contributed by atoms with Gasteiger partial charge in [-0.3, -0.25) is 9.59 Å². The third kappa shape index (κ3) is 3.75. The van der Waals surface area contributed by atoms with Crippen molar-refractivity contribution in [3.05, 3.63) is 47.4 Å². The number of amides is 1. The van der Waals surface area contributed by atoms with Gasteiger partial charge >= 0.3 is 0 Å². The maximum absolute atomic E-state index is 12.0. The van der Waals surface area contributed by atoms with Crippen LogP contribution in [0.1, 0.15) is 38.2 Å². The third-order valence-corrected chi connectivity index (χ3v) is 3.98. The van der Waals surface area contributed by atoms with Crippen LogP contribution in [0, 0.1) is 11.8 Å². The number of nitrogens with one attached hydrogen (secondary N) is 1. The first-order valence-electron chi connectivity index (χ1n) is 7.88. The summed E-state index contributed by atoms with van der Waals surface area (Å²) in [6, 6.07) is 9.73. The van der Waals surface area contributed by atoms with Gasteiger partial charge in [0.15, 0.2) is 11.5 Å². The van der Waals surface area contributed by atoms with Crippen molar-refractivity contribution in [1.82, 2.24) is 5.32 Å². The first-order valence-corrected chi connectivity index (χ1v) is 7.88. The predicted octanol–water partition coefficient (Wildman–Crippen LogP) is 2.94. The monoisotopic (exact) mass is 299 g/mol. The highest BCUT2D eigenvalue weighted by Crippen LogP contribution is 2.38. The lowest BCUT2D eigenvalue weighted by molar-refractivity contribution is -0.121. The minimum atomic E-state index is -0.131. The Morgan fingerprint density at radius 1 is 1.09 bits per heavy atom. The van der Waals surface area contributed by atoms with Crippen molar-refractivity contribution in [2.45, 2.75) is 39.2 Å². The van der Waals surface area contributed by atoms with E-state index < -0.39 is 0 Å². The van der Waals surface area contributed by atoms with Crippen LogP contribution in [-0.4, -0.2) is 11.7 Å². The third-order valence-electron chi connectivity index (χ3n) is 3.98. The van der Waals surface area contributed by atoms with Crippen molar-refractivity contribution in [2.24, 2.45) is 11.8 Å². The van der Waals surface area contributed by atoms with E-state index in [4.69, 9.17) is 4.74 Å². The molecule has 0 saturated heterocycles. The predicted molar refractivity (Wildman–Crippen MR) is 82.5 cm³/mol. The second kappa shape index (κ2) is 6.34. The number of ether oxygens (including phenoxy) is 1. The summed E-state index contributed by atoms with van der Waals surface area (Å²) < 4.78 is 5.77. The highest BCUT2D eigenvalue weighted by Gasteiger charge is 2.36. The number of rotatable bonds is 7. The van der Waals surface area contributed by atoms with Gasteiger partial charge in [-0.1, -0.05) is 30.3 Å². The van der Waals surface area contributed by atoms with Crippen molar-refractivity contribution in [3.63, 3.8) is 0 Å². The van der Waals surface area contributed by atoms with E-state index in [2.05, 4.69) is 5.32 Å². The second-order valence-electron chi connectivity index (χ2n) is 6.11. The van der Waals surface area contributed by atoms with Crippen molar-refractivity contribution in [3.8, 4) is 0 Å². The molecule has 2 fully saturated rings. The molecule has 1 aromatic rings. The minimum absolute atomic E-state index is 0.0314. The number of hydrogen-bond donors (Lipinski definition) is 1. The van der Waals surface area contributed by atoms with Crippen molar-refractivity contribution < 1.29 is 14.3 Å². The lowest BCUT2D eigenvalue weighted by atomic mass is 10.2. The summed E-state index contributed by atoms with van der Waals surface area (Å²) in [6.45, 7) is 1.83. The maximum Gasteiger partial charge on any atom is 0.227 e. The van der Waals surface area contributed by atoms with Gasteiger partial charge in [-0.2, -0.15) is 0 Å². The van der Waals surface area contributed by atoms with E-state index in [1.54, 1.807) is 0 Å². The number of carbonyl (C=O) groups excluding carboxylic acids is 2. The number of benzene rings is 1. The summed E-state index contributed by atoms with van der Waals surface area (Å²) in [6.07, 6.45) is 3.91. The quantitative estimate of drug-likeness (QED) is 0.622. The van der Waals surface area contributed by atoms with Crippen LogP contribution in [0.2, 0.25) is 0 Å². The van der Waals surface area contributed by atoms with Gasteiger partial charge < -0.3 is 10.1 Å². The Balaban J connectivity index is 1.75. The number of hydrogen-bond acceptors (Lipinski definition) is 3. The first kappa shape index (κ1) is 14.8. The van der Waals surface area contributed by atoms with Crippen LogP contribution in [0.5, 0.6) is 0 Å². The Morgan fingerprint density at radius 3 is 2.27 bits per heavy atom. The van der Waals surface area contributed by atoms with E-state index in [9.17, 15) is 9.59 Å². The van der Waals surface area contributed by atoms with Crippen LogP contribution >= 0.6 is 0 Å². The zero-order valence-corrected chi connectivity index (χ0v) is 12.8. The second-order valence-corrected chi connectivity index (χ2v) is 6.11. The van der Waals surface area contributed by atoms with Gasteiger partial charge in [0.05, 0.1) is 5.70 Å². The number of Topliss-reactive ketones (excluding diaryl/α,β-unsaturated/α-hetero) is 1. The molecule has 4 nitrogen and oxygen atoms in total. The Hall–Kier alpha value is -2.10. The van der Waals surface area contributed by atoms with Gasteiger partial charge in [0.25, 0.3) is 0 Å². The van der Waals surface area contributed by atoms with Crippen molar-refractivity contribution in [2.75, 3.05) is 0 Å². The molecule has 4 heteroatoms. The number of ketones is 1. The van der Waals surface area contributed by atoms with Crippen molar-refractivity contribution >= 4 is 11.7 Å². The Kier molecular flexibility index (Phi) is 4.27. The first-order chi connectivity index (χ1) is 10.6. The average Bonchev–Trinajstić information content (AvgIpc) is 3.40. The average molecular weight is 299 g/mol. The fourth-order valence-electron chi connectivity index (χ4n) is 2.40. The molecule has 0 spiro atoms. The summed E-state index contributed by atoms with van der Waals surface area (Å²) in [4.78, 5) is 24.0. The molecule has 1 aromatic carbocycles. The Morgan fingerprint density at radius 2 is 1.73 bits per heavy atom. The molecule has 2 saturated carbocycles. The van der Waals surface area contributed by atoms with Gasteiger partial charge in [0, 0.05) is 18.8 Å². The van der Waals surface area contributed by atoms with Crippen LogP contribution in [0.25, 0.3) is 0 Å². The molecular formula is C18H21NO3. The lowest BCUT2D eigenvalue weighted by Crippen LogP contribution is -2.28. The van der Waals surface area contributed by atoms with E-state index in [1.807, 2.05) is 30.3 Å². The van der Waals surface area contributed by atoms with Gasteiger partial charge in [-0.15, -0.1) is 0 Å². The molecule has 116 valence electrons. The molecule has 0 unspecified atom stereocenters. The molecule has 22 heavy (non-hydrogen) atoms. The highest BCUT2D eigenvalue weighted by atomic mass is 16.5. The molecule has 0 heterocycles. The molecular weight excluding hydrogens is 278 g/mol. The molecule has 0 bridgehead atoms. The summed E-state index contributed by atoms with van der Waals surface area (Å²) in [5.74, 6) is 0.603. The molecule has 1 N–H and O–H groups in total. The van der Waals surface area contributed by atoms with E-state index in [1.165, 1.54) is 6.92 Å². The Bertz CT molecular complexity index is 598. The minimum Gasteiger partial charge on any atom is -0.483 e. The molecule has 0 radical (unpaired) electrons. The SMILES string of the molecule is CC(=O)/C(OCc1ccccc1)=C(\NC(=O)C1CC1)C1CC1. The van der Waals surface area contributed by atoms with E-state index >= 15 is 0 Å². The van der Waals surface area contributed by atoms with Crippen LogP contribution in [0.15, 0.2) is 41.8 Å². The molecule has 3 rings (SSSR count). The Labute approximate surface area is 130 Å². The summed E-state index contributed by atoms with van der Waals surface area (Å²) in [5.41, 5.74) is 1.70. The van der Waals surface area contributed by atoms with Crippen LogP contribution in [-0.2, 0) is 20.9 Å².